The average molecular weight is 221 g/mol. The zero-order valence-corrected chi connectivity index (χ0v) is 9.43. The highest BCUT2D eigenvalue weighted by molar-refractivity contribution is 7.80. The monoisotopic (exact) mass is 221 g/mol. The quantitative estimate of drug-likeness (QED) is 0.796. The number of thiocarbonyl (C=S) groups is 1. The van der Waals surface area contributed by atoms with Gasteiger partial charge in [0.2, 0.25) is 0 Å². The van der Waals surface area contributed by atoms with E-state index in [2.05, 4.69) is 24.3 Å². The Morgan fingerprint density at radius 1 is 1.47 bits per heavy atom. The van der Waals surface area contributed by atoms with Gasteiger partial charge in [-0.1, -0.05) is 36.5 Å². The highest BCUT2D eigenvalue weighted by Crippen LogP contribution is 2.31. The molecule has 1 aromatic carbocycles. The van der Waals surface area contributed by atoms with Crippen molar-refractivity contribution < 1.29 is 4.74 Å². The molecule has 3 heteroatoms. The van der Waals surface area contributed by atoms with Crippen LogP contribution in [-0.4, -0.2) is 11.6 Å². The maximum Gasteiger partial charge on any atom is 0.0989 e. The number of benzene rings is 1. The Hall–Kier alpha value is -0.930. The summed E-state index contributed by atoms with van der Waals surface area (Å²) in [5, 5.41) is 0. The summed E-state index contributed by atoms with van der Waals surface area (Å²) in [7, 11) is 0. The molecule has 0 bridgehead atoms. The van der Waals surface area contributed by atoms with Crippen molar-refractivity contribution >= 4 is 17.2 Å². The minimum Gasteiger partial charge on any atom is -0.391 e. The van der Waals surface area contributed by atoms with Gasteiger partial charge in [0.1, 0.15) is 0 Å². The lowest BCUT2D eigenvalue weighted by Crippen LogP contribution is -2.20. The normalized spacial score (nSPS) is 19.6. The van der Waals surface area contributed by atoms with Gasteiger partial charge in [0.15, 0.2) is 0 Å². The molecule has 1 aliphatic carbocycles. The molecule has 0 fully saturated rings. The van der Waals surface area contributed by atoms with Crippen LogP contribution in [0.2, 0.25) is 0 Å². The third-order valence-corrected chi connectivity index (χ3v) is 2.86. The highest BCUT2D eigenvalue weighted by atomic mass is 32.1. The van der Waals surface area contributed by atoms with E-state index in [1.807, 2.05) is 0 Å². The summed E-state index contributed by atoms with van der Waals surface area (Å²) in [6, 6.07) is 8.44. The van der Waals surface area contributed by atoms with E-state index in [-0.39, 0.29) is 6.10 Å². The number of hydrogen-bond donors (Lipinski definition) is 1. The van der Waals surface area contributed by atoms with Crippen molar-refractivity contribution in [3.63, 3.8) is 0 Å². The van der Waals surface area contributed by atoms with Gasteiger partial charge in [0.25, 0.3) is 0 Å². The molecule has 0 aromatic heterocycles. The minimum atomic E-state index is 0.177. The maximum absolute atomic E-state index is 5.70. The second-order valence-corrected chi connectivity index (χ2v) is 4.38. The van der Waals surface area contributed by atoms with Crippen LogP contribution in [0.25, 0.3) is 0 Å². The van der Waals surface area contributed by atoms with Gasteiger partial charge >= 0.3 is 0 Å². The highest BCUT2D eigenvalue weighted by Gasteiger charge is 2.19. The molecule has 1 atom stereocenters. The topological polar surface area (TPSA) is 35.2 Å². The first-order valence-corrected chi connectivity index (χ1v) is 5.66. The van der Waals surface area contributed by atoms with E-state index in [4.69, 9.17) is 22.7 Å². The van der Waals surface area contributed by atoms with Crippen molar-refractivity contribution in [2.45, 2.75) is 25.4 Å². The predicted octanol–water partition coefficient (Wildman–Crippen LogP) is 2.37. The molecule has 1 aliphatic rings. The Bertz CT molecular complexity index is 364. The Morgan fingerprint density at radius 2 is 2.27 bits per heavy atom. The summed E-state index contributed by atoms with van der Waals surface area (Å²) >= 11 is 4.82. The van der Waals surface area contributed by atoms with Gasteiger partial charge in [-0.2, -0.15) is 0 Å². The van der Waals surface area contributed by atoms with Crippen LogP contribution >= 0.6 is 12.2 Å². The summed E-state index contributed by atoms with van der Waals surface area (Å²) < 4.78 is 5.70. The summed E-state index contributed by atoms with van der Waals surface area (Å²) in [5.74, 6) is 0. The Balaban J connectivity index is 2.11. The molecule has 0 saturated carbocycles. The predicted molar refractivity (Wildman–Crippen MR) is 64.9 cm³/mol. The van der Waals surface area contributed by atoms with E-state index in [1.54, 1.807) is 0 Å². The molecule has 0 spiro atoms. The summed E-state index contributed by atoms with van der Waals surface area (Å²) in [6.07, 6.45) is 3.58. The smallest absolute Gasteiger partial charge is 0.0989 e. The van der Waals surface area contributed by atoms with Crippen molar-refractivity contribution in [3.8, 4) is 0 Å². The molecular weight excluding hydrogens is 206 g/mol. The standard InChI is InChI=1S/C12H15NOS/c13-12(15)8-14-11-7-3-5-9-4-1-2-6-10(9)11/h1-2,4,6,11H,3,5,7-8H2,(H2,13,15). The van der Waals surface area contributed by atoms with E-state index in [1.165, 1.54) is 17.5 Å². The van der Waals surface area contributed by atoms with Gasteiger partial charge < -0.3 is 10.5 Å². The number of nitrogens with two attached hydrogens (primary N) is 1. The van der Waals surface area contributed by atoms with Crippen LogP contribution < -0.4 is 5.73 Å². The fourth-order valence-corrected chi connectivity index (χ4v) is 2.13. The third-order valence-electron chi connectivity index (χ3n) is 2.74. The first-order chi connectivity index (χ1) is 7.27. The van der Waals surface area contributed by atoms with Gasteiger partial charge in [-0.15, -0.1) is 0 Å². The first kappa shape index (κ1) is 10.6. The van der Waals surface area contributed by atoms with E-state index in [0.29, 0.717) is 11.6 Å². The Labute approximate surface area is 95.4 Å². The molecule has 0 aliphatic heterocycles. The molecular formula is C12H15NOS. The Morgan fingerprint density at radius 3 is 3.07 bits per heavy atom. The summed E-state index contributed by atoms with van der Waals surface area (Å²) in [4.78, 5) is 0.429. The molecule has 0 radical (unpaired) electrons. The van der Waals surface area contributed by atoms with Crippen LogP contribution in [0.15, 0.2) is 24.3 Å². The first-order valence-electron chi connectivity index (χ1n) is 5.25. The fraction of sp³-hybridized carbons (Fsp3) is 0.417. The van der Waals surface area contributed by atoms with Crippen molar-refractivity contribution in [3.05, 3.63) is 35.4 Å². The lowest BCUT2D eigenvalue weighted by Gasteiger charge is -2.25. The van der Waals surface area contributed by atoms with Crippen LogP contribution in [0.5, 0.6) is 0 Å². The van der Waals surface area contributed by atoms with E-state index >= 15 is 0 Å². The molecule has 1 aromatic rings. The second kappa shape index (κ2) is 4.73. The molecule has 0 saturated heterocycles. The number of aryl methyl sites for hydroxylation is 1. The lowest BCUT2D eigenvalue weighted by molar-refractivity contribution is 0.0684. The van der Waals surface area contributed by atoms with E-state index < -0.39 is 0 Å². The van der Waals surface area contributed by atoms with Crippen molar-refractivity contribution in [1.82, 2.24) is 0 Å². The van der Waals surface area contributed by atoms with Crippen LogP contribution in [0.4, 0.5) is 0 Å². The molecule has 2 rings (SSSR count). The zero-order valence-electron chi connectivity index (χ0n) is 8.61. The van der Waals surface area contributed by atoms with Gasteiger partial charge in [-0.25, -0.2) is 0 Å². The molecule has 80 valence electrons. The third kappa shape index (κ3) is 2.55. The molecule has 2 N–H and O–H groups in total. The summed E-state index contributed by atoms with van der Waals surface area (Å²) in [6.45, 7) is 0.383. The number of hydrogen-bond acceptors (Lipinski definition) is 2. The largest absolute Gasteiger partial charge is 0.391 e. The van der Waals surface area contributed by atoms with Crippen LogP contribution in [0.3, 0.4) is 0 Å². The molecule has 2 nitrogen and oxygen atoms in total. The summed E-state index contributed by atoms with van der Waals surface area (Å²) in [5.41, 5.74) is 8.14. The molecule has 1 unspecified atom stereocenters. The molecule has 15 heavy (non-hydrogen) atoms. The molecule has 0 amide bonds. The van der Waals surface area contributed by atoms with Crippen LogP contribution in [-0.2, 0) is 11.2 Å². The Kier molecular flexibility index (Phi) is 3.34. The average Bonchev–Trinajstić information content (AvgIpc) is 2.26. The lowest BCUT2D eigenvalue weighted by atomic mass is 9.89. The fourth-order valence-electron chi connectivity index (χ4n) is 2.07. The van der Waals surface area contributed by atoms with Crippen molar-refractivity contribution in [2.75, 3.05) is 6.61 Å². The van der Waals surface area contributed by atoms with Crippen molar-refractivity contribution in [1.29, 1.82) is 0 Å². The van der Waals surface area contributed by atoms with Crippen molar-refractivity contribution in [2.24, 2.45) is 5.73 Å². The number of rotatable bonds is 3. The van der Waals surface area contributed by atoms with Gasteiger partial charge in [0, 0.05) is 0 Å². The van der Waals surface area contributed by atoms with Crippen LogP contribution in [0.1, 0.15) is 30.1 Å². The van der Waals surface area contributed by atoms with Gasteiger partial charge in [-0.05, 0) is 30.4 Å². The van der Waals surface area contributed by atoms with Gasteiger partial charge in [-0.3, -0.25) is 0 Å². The number of ether oxygens (including phenoxy) is 1. The zero-order chi connectivity index (χ0) is 10.7. The van der Waals surface area contributed by atoms with Crippen LogP contribution in [0, 0.1) is 0 Å². The molecule has 0 heterocycles. The maximum atomic E-state index is 5.70. The van der Waals surface area contributed by atoms with E-state index in [9.17, 15) is 0 Å². The number of fused-ring (bicyclic) bond motifs is 1. The minimum absolute atomic E-state index is 0.177. The van der Waals surface area contributed by atoms with E-state index in [0.717, 1.165) is 12.8 Å². The second-order valence-electron chi connectivity index (χ2n) is 3.86. The van der Waals surface area contributed by atoms with Gasteiger partial charge in [0.05, 0.1) is 17.7 Å². The SMILES string of the molecule is NC(=S)COC1CCCc2ccccc21.